The molecule has 5 heteroatoms. The van der Waals surface area contributed by atoms with Crippen molar-refractivity contribution in [1.29, 1.82) is 0 Å². The van der Waals surface area contributed by atoms with Crippen LogP contribution in [0, 0.1) is 5.41 Å². The number of rotatable bonds is 4. The molecule has 2 N–H and O–H groups in total. The Labute approximate surface area is 109 Å². The molecule has 1 unspecified atom stereocenters. The minimum Gasteiger partial charge on any atom is -0.481 e. The highest BCUT2D eigenvalue weighted by atomic mass is 16.4. The molecule has 0 aromatic heterocycles. The molecule has 1 rings (SSSR count). The fourth-order valence-electron chi connectivity index (χ4n) is 2.22. The van der Waals surface area contributed by atoms with Crippen LogP contribution in [0.25, 0.3) is 0 Å². The first kappa shape index (κ1) is 14.8. The number of carbonyl (C=O) groups excluding carboxylic acids is 1. The molecule has 1 fully saturated rings. The maximum Gasteiger partial charge on any atom is 0.317 e. The van der Waals surface area contributed by atoms with Gasteiger partial charge in [-0.05, 0) is 33.1 Å². The van der Waals surface area contributed by atoms with Gasteiger partial charge in [0.1, 0.15) is 0 Å². The number of amides is 2. The number of piperidine rings is 1. The number of nitrogens with one attached hydrogen (secondary N) is 1. The van der Waals surface area contributed by atoms with E-state index >= 15 is 0 Å². The molecule has 1 aliphatic rings. The molecule has 0 bridgehead atoms. The van der Waals surface area contributed by atoms with Gasteiger partial charge >= 0.3 is 12.0 Å². The molecule has 1 atom stereocenters. The third-order valence-corrected chi connectivity index (χ3v) is 3.76. The summed E-state index contributed by atoms with van der Waals surface area (Å²) in [6.45, 7) is 6.87. The summed E-state index contributed by atoms with van der Waals surface area (Å²) in [5, 5.41) is 12.1. The monoisotopic (exact) mass is 256 g/mol. The van der Waals surface area contributed by atoms with Crippen LogP contribution in [0.2, 0.25) is 0 Å². The standard InChI is InChI=1S/C13H24N2O3/c1-4-5-10(2)14-12(18)15-8-6-13(3,7-9-15)11(16)17/h10H,4-9H2,1-3H3,(H,14,18)(H,16,17). The van der Waals surface area contributed by atoms with Gasteiger partial charge in [-0.25, -0.2) is 4.79 Å². The summed E-state index contributed by atoms with van der Waals surface area (Å²) < 4.78 is 0. The van der Waals surface area contributed by atoms with Gasteiger partial charge in [-0.3, -0.25) is 4.79 Å². The van der Waals surface area contributed by atoms with Crippen LogP contribution in [0.3, 0.4) is 0 Å². The number of carboxylic acid groups (broad SMARTS) is 1. The molecule has 1 aliphatic heterocycles. The summed E-state index contributed by atoms with van der Waals surface area (Å²) in [5.74, 6) is -0.762. The second-order valence-corrected chi connectivity index (χ2v) is 5.49. The maximum atomic E-state index is 11.9. The Morgan fingerprint density at radius 2 is 1.94 bits per heavy atom. The zero-order valence-corrected chi connectivity index (χ0v) is 11.5. The molecule has 2 amide bonds. The van der Waals surface area contributed by atoms with Crippen LogP contribution < -0.4 is 5.32 Å². The van der Waals surface area contributed by atoms with Crippen molar-refractivity contribution in [3.8, 4) is 0 Å². The van der Waals surface area contributed by atoms with E-state index in [0.29, 0.717) is 25.9 Å². The van der Waals surface area contributed by atoms with E-state index in [1.54, 1.807) is 11.8 Å². The Bertz CT molecular complexity index is 309. The van der Waals surface area contributed by atoms with Crippen molar-refractivity contribution in [2.45, 2.75) is 52.5 Å². The van der Waals surface area contributed by atoms with Gasteiger partial charge in [-0.1, -0.05) is 13.3 Å². The molecular weight excluding hydrogens is 232 g/mol. The highest BCUT2D eigenvalue weighted by molar-refractivity contribution is 5.77. The molecule has 1 heterocycles. The largest absolute Gasteiger partial charge is 0.481 e. The Morgan fingerprint density at radius 1 is 1.39 bits per heavy atom. The Kier molecular flexibility index (Phi) is 4.99. The lowest BCUT2D eigenvalue weighted by Crippen LogP contribution is -2.50. The second kappa shape index (κ2) is 6.07. The molecule has 104 valence electrons. The number of hydrogen-bond acceptors (Lipinski definition) is 2. The molecule has 0 spiro atoms. The SMILES string of the molecule is CCCC(C)NC(=O)N1CCC(C)(C(=O)O)CC1. The van der Waals surface area contributed by atoms with Crippen LogP contribution in [0.4, 0.5) is 4.79 Å². The lowest BCUT2D eigenvalue weighted by molar-refractivity contribution is -0.150. The van der Waals surface area contributed by atoms with Gasteiger partial charge in [-0.2, -0.15) is 0 Å². The quantitative estimate of drug-likeness (QED) is 0.809. The predicted molar refractivity (Wildman–Crippen MR) is 69.5 cm³/mol. The zero-order valence-electron chi connectivity index (χ0n) is 11.5. The van der Waals surface area contributed by atoms with E-state index < -0.39 is 11.4 Å². The number of nitrogens with zero attached hydrogens (tertiary/aromatic N) is 1. The number of hydrogen-bond donors (Lipinski definition) is 2. The molecule has 0 aliphatic carbocycles. The van der Waals surface area contributed by atoms with Crippen LogP contribution in [-0.2, 0) is 4.79 Å². The highest BCUT2D eigenvalue weighted by Gasteiger charge is 2.38. The third kappa shape index (κ3) is 3.62. The van der Waals surface area contributed by atoms with Crippen LogP contribution in [0.1, 0.15) is 46.5 Å². The first-order chi connectivity index (χ1) is 8.39. The van der Waals surface area contributed by atoms with E-state index in [1.165, 1.54) is 0 Å². The summed E-state index contributed by atoms with van der Waals surface area (Å²) in [6.07, 6.45) is 3.06. The molecule has 0 aromatic rings. The summed E-state index contributed by atoms with van der Waals surface area (Å²) >= 11 is 0. The topological polar surface area (TPSA) is 69.6 Å². The molecule has 0 aromatic carbocycles. The van der Waals surface area contributed by atoms with E-state index in [1.807, 2.05) is 6.92 Å². The molecule has 0 radical (unpaired) electrons. The van der Waals surface area contributed by atoms with E-state index in [-0.39, 0.29) is 12.1 Å². The summed E-state index contributed by atoms with van der Waals surface area (Å²) in [4.78, 5) is 24.7. The van der Waals surface area contributed by atoms with Gasteiger partial charge in [0.25, 0.3) is 0 Å². The Balaban J connectivity index is 2.43. The first-order valence-electron chi connectivity index (χ1n) is 6.68. The molecule has 18 heavy (non-hydrogen) atoms. The molecular formula is C13H24N2O3. The fraction of sp³-hybridized carbons (Fsp3) is 0.846. The van der Waals surface area contributed by atoms with Crippen molar-refractivity contribution in [2.75, 3.05) is 13.1 Å². The van der Waals surface area contributed by atoms with Crippen molar-refractivity contribution in [3.63, 3.8) is 0 Å². The van der Waals surface area contributed by atoms with Gasteiger partial charge in [-0.15, -0.1) is 0 Å². The summed E-state index contributed by atoms with van der Waals surface area (Å²) in [6, 6.07) is 0.110. The van der Waals surface area contributed by atoms with Crippen molar-refractivity contribution in [3.05, 3.63) is 0 Å². The van der Waals surface area contributed by atoms with E-state index in [9.17, 15) is 9.59 Å². The Morgan fingerprint density at radius 3 is 2.39 bits per heavy atom. The zero-order chi connectivity index (χ0) is 13.8. The number of aliphatic carboxylic acids is 1. The summed E-state index contributed by atoms with van der Waals surface area (Å²) in [7, 11) is 0. The minimum atomic E-state index is -0.762. The van der Waals surface area contributed by atoms with Gasteiger partial charge < -0.3 is 15.3 Å². The van der Waals surface area contributed by atoms with Crippen molar-refractivity contribution in [2.24, 2.45) is 5.41 Å². The van der Waals surface area contributed by atoms with Crippen LogP contribution in [-0.4, -0.2) is 41.1 Å². The van der Waals surface area contributed by atoms with E-state index in [4.69, 9.17) is 5.11 Å². The number of carbonyl (C=O) groups is 2. The number of likely N-dealkylation sites (tertiary alicyclic amines) is 1. The van der Waals surface area contributed by atoms with Gasteiger partial charge in [0.2, 0.25) is 0 Å². The number of carboxylic acids is 1. The average Bonchev–Trinajstić information content (AvgIpc) is 2.29. The van der Waals surface area contributed by atoms with E-state index in [2.05, 4.69) is 12.2 Å². The molecule has 5 nitrogen and oxygen atoms in total. The van der Waals surface area contributed by atoms with Crippen LogP contribution >= 0.6 is 0 Å². The van der Waals surface area contributed by atoms with Crippen molar-refractivity contribution in [1.82, 2.24) is 10.2 Å². The van der Waals surface area contributed by atoms with Crippen molar-refractivity contribution < 1.29 is 14.7 Å². The molecule has 1 saturated heterocycles. The highest BCUT2D eigenvalue weighted by Crippen LogP contribution is 2.30. The lowest BCUT2D eigenvalue weighted by Gasteiger charge is -2.36. The smallest absolute Gasteiger partial charge is 0.317 e. The van der Waals surface area contributed by atoms with Crippen molar-refractivity contribution >= 4 is 12.0 Å². The molecule has 0 saturated carbocycles. The van der Waals surface area contributed by atoms with Crippen LogP contribution in [0.5, 0.6) is 0 Å². The van der Waals surface area contributed by atoms with Gasteiger partial charge in [0.05, 0.1) is 5.41 Å². The predicted octanol–water partition coefficient (Wildman–Crippen LogP) is 2.07. The van der Waals surface area contributed by atoms with E-state index in [0.717, 1.165) is 12.8 Å². The maximum absolute atomic E-state index is 11.9. The number of urea groups is 1. The fourth-order valence-corrected chi connectivity index (χ4v) is 2.22. The lowest BCUT2D eigenvalue weighted by atomic mass is 9.80. The van der Waals surface area contributed by atoms with Gasteiger partial charge in [0.15, 0.2) is 0 Å². The first-order valence-corrected chi connectivity index (χ1v) is 6.68. The average molecular weight is 256 g/mol. The second-order valence-electron chi connectivity index (χ2n) is 5.49. The third-order valence-electron chi connectivity index (χ3n) is 3.76. The normalized spacial score (nSPS) is 20.3. The minimum absolute atomic E-state index is 0.0663. The summed E-state index contributed by atoms with van der Waals surface area (Å²) in [5.41, 5.74) is -0.675. The van der Waals surface area contributed by atoms with Gasteiger partial charge in [0, 0.05) is 19.1 Å². The Hall–Kier alpha value is -1.26. The van der Waals surface area contributed by atoms with Crippen LogP contribution in [0.15, 0.2) is 0 Å².